The summed E-state index contributed by atoms with van der Waals surface area (Å²) in [5.41, 5.74) is 1.60. The molecular formula is C18H22FN3O3S. The molecule has 0 spiro atoms. The SMILES string of the molecule is COc1ccc(CN(C)C(=O)CCc2c(C)nc(SC)[nH]c2=O)cc1F. The van der Waals surface area contributed by atoms with Crippen molar-refractivity contribution in [3.8, 4) is 5.75 Å². The van der Waals surface area contributed by atoms with Crippen LogP contribution in [0.25, 0.3) is 0 Å². The van der Waals surface area contributed by atoms with Gasteiger partial charge in [-0.1, -0.05) is 17.8 Å². The maximum Gasteiger partial charge on any atom is 0.254 e. The van der Waals surface area contributed by atoms with Crippen LogP contribution in [0.1, 0.15) is 23.2 Å². The van der Waals surface area contributed by atoms with E-state index in [1.807, 2.05) is 6.26 Å². The lowest BCUT2D eigenvalue weighted by molar-refractivity contribution is -0.130. The van der Waals surface area contributed by atoms with E-state index in [2.05, 4.69) is 9.97 Å². The lowest BCUT2D eigenvalue weighted by Gasteiger charge is -2.18. The third-order valence-corrected chi connectivity index (χ3v) is 4.62. The lowest BCUT2D eigenvalue weighted by Crippen LogP contribution is -2.27. The quantitative estimate of drug-likeness (QED) is 0.591. The van der Waals surface area contributed by atoms with Crippen molar-refractivity contribution in [2.24, 2.45) is 0 Å². The fourth-order valence-electron chi connectivity index (χ4n) is 2.57. The average molecular weight is 379 g/mol. The number of amides is 1. The van der Waals surface area contributed by atoms with E-state index in [4.69, 9.17) is 4.74 Å². The molecule has 8 heteroatoms. The van der Waals surface area contributed by atoms with E-state index in [9.17, 15) is 14.0 Å². The first-order valence-electron chi connectivity index (χ1n) is 8.05. The number of ether oxygens (including phenoxy) is 1. The number of rotatable bonds is 7. The van der Waals surface area contributed by atoms with Gasteiger partial charge in [-0.3, -0.25) is 9.59 Å². The van der Waals surface area contributed by atoms with Crippen LogP contribution in [0.3, 0.4) is 0 Å². The van der Waals surface area contributed by atoms with Crippen molar-refractivity contribution in [2.45, 2.75) is 31.5 Å². The maximum absolute atomic E-state index is 13.7. The number of aromatic nitrogens is 2. The second-order valence-corrected chi connectivity index (χ2v) is 6.65. The minimum absolute atomic E-state index is 0.131. The molecule has 6 nitrogen and oxygen atoms in total. The number of hydrogen-bond acceptors (Lipinski definition) is 5. The Bertz CT molecular complexity index is 854. The Kier molecular flexibility index (Phi) is 6.79. The number of nitrogens with zero attached hydrogens (tertiary/aromatic N) is 2. The number of thioether (sulfide) groups is 1. The molecule has 2 aromatic rings. The third kappa shape index (κ3) is 4.85. The van der Waals surface area contributed by atoms with Gasteiger partial charge in [-0.15, -0.1) is 0 Å². The number of halogens is 1. The molecule has 0 aliphatic heterocycles. The Morgan fingerprint density at radius 1 is 1.42 bits per heavy atom. The highest BCUT2D eigenvalue weighted by Gasteiger charge is 2.14. The summed E-state index contributed by atoms with van der Waals surface area (Å²) in [5.74, 6) is -0.430. The Balaban J connectivity index is 1.99. The first-order chi connectivity index (χ1) is 12.3. The molecule has 140 valence electrons. The number of hydrogen-bond donors (Lipinski definition) is 1. The summed E-state index contributed by atoms with van der Waals surface area (Å²) < 4.78 is 18.6. The van der Waals surface area contributed by atoms with Gasteiger partial charge in [-0.05, 0) is 37.3 Å². The fraction of sp³-hybridized carbons (Fsp3) is 0.389. The maximum atomic E-state index is 13.7. The van der Waals surface area contributed by atoms with Crippen molar-refractivity contribution in [1.29, 1.82) is 0 Å². The Labute approximate surface area is 155 Å². The van der Waals surface area contributed by atoms with Crippen LogP contribution in [0.2, 0.25) is 0 Å². The molecule has 1 aromatic carbocycles. The summed E-state index contributed by atoms with van der Waals surface area (Å²) in [6.07, 6.45) is 2.32. The molecule has 0 aliphatic rings. The molecule has 0 radical (unpaired) electrons. The Morgan fingerprint density at radius 2 is 2.15 bits per heavy atom. The third-order valence-electron chi connectivity index (χ3n) is 4.04. The molecule has 1 amide bonds. The standard InChI is InChI=1S/C18H22FN3O3S/c1-11-13(17(24)21-18(20-11)26-4)6-8-16(23)22(2)10-12-5-7-15(25-3)14(19)9-12/h5,7,9H,6,8,10H2,1-4H3,(H,20,21,24). The van der Waals surface area contributed by atoms with Crippen LogP contribution in [-0.4, -0.2) is 41.2 Å². The monoisotopic (exact) mass is 379 g/mol. The smallest absolute Gasteiger partial charge is 0.254 e. The first kappa shape index (κ1) is 20.0. The molecule has 0 saturated carbocycles. The van der Waals surface area contributed by atoms with E-state index >= 15 is 0 Å². The van der Waals surface area contributed by atoms with Gasteiger partial charge in [0.1, 0.15) is 0 Å². The molecule has 0 atom stereocenters. The van der Waals surface area contributed by atoms with Crippen molar-refractivity contribution in [2.75, 3.05) is 20.4 Å². The van der Waals surface area contributed by atoms with Crippen LogP contribution in [-0.2, 0) is 17.8 Å². The summed E-state index contributed by atoms with van der Waals surface area (Å²) in [6.45, 7) is 2.04. The highest BCUT2D eigenvalue weighted by atomic mass is 32.2. The zero-order chi connectivity index (χ0) is 19.3. The average Bonchev–Trinajstić information content (AvgIpc) is 2.60. The van der Waals surface area contributed by atoms with Crippen LogP contribution in [0.4, 0.5) is 4.39 Å². The normalized spacial score (nSPS) is 10.7. The topological polar surface area (TPSA) is 75.3 Å². The number of aryl methyl sites for hydroxylation is 1. The van der Waals surface area contributed by atoms with E-state index in [0.29, 0.717) is 28.4 Å². The molecule has 1 N–H and O–H groups in total. The van der Waals surface area contributed by atoms with Gasteiger partial charge in [-0.2, -0.15) is 0 Å². The number of aromatic amines is 1. The van der Waals surface area contributed by atoms with Gasteiger partial charge >= 0.3 is 0 Å². The molecule has 0 unspecified atom stereocenters. The second-order valence-electron chi connectivity index (χ2n) is 5.86. The van der Waals surface area contributed by atoms with Gasteiger partial charge in [-0.25, -0.2) is 9.37 Å². The minimum Gasteiger partial charge on any atom is -0.494 e. The van der Waals surface area contributed by atoms with E-state index in [1.54, 1.807) is 20.0 Å². The number of carbonyl (C=O) groups is 1. The van der Waals surface area contributed by atoms with Crippen LogP contribution in [0.15, 0.2) is 28.2 Å². The van der Waals surface area contributed by atoms with Crippen LogP contribution >= 0.6 is 11.8 Å². The molecule has 0 bridgehead atoms. The molecule has 1 heterocycles. The van der Waals surface area contributed by atoms with Crippen molar-refractivity contribution in [3.63, 3.8) is 0 Å². The second kappa shape index (κ2) is 8.84. The molecule has 1 aromatic heterocycles. The molecule has 0 fully saturated rings. The largest absolute Gasteiger partial charge is 0.494 e. The van der Waals surface area contributed by atoms with Crippen LogP contribution < -0.4 is 10.3 Å². The number of benzene rings is 1. The van der Waals surface area contributed by atoms with Crippen LogP contribution in [0, 0.1) is 12.7 Å². The summed E-state index contributed by atoms with van der Waals surface area (Å²) >= 11 is 1.36. The van der Waals surface area contributed by atoms with Crippen molar-refractivity contribution in [1.82, 2.24) is 14.9 Å². The minimum atomic E-state index is -0.465. The summed E-state index contributed by atoms with van der Waals surface area (Å²) in [5, 5.41) is 0.557. The Morgan fingerprint density at radius 3 is 2.73 bits per heavy atom. The summed E-state index contributed by atoms with van der Waals surface area (Å²) in [7, 11) is 3.05. The highest BCUT2D eigenvalue weighted by Crippen LogP contribution is 2.18. The zero-order valence-corrected chi connectivity index (χ0v) is 16.1. The van der Waals surface area contributed by atoms with Gasteiger partial charge in [0.25, 0.3) is 5.56 Å². The zero-order valence-electron chi connectivity index (χ0n) is 15.3. The molecule has 0 aliphatic carbocycles. The number of methoxy groups -OCH3 is 1. The first-order valence-corrected chi connectivity index (χ1v) is 9.28. The van der Waals surface area contributed by atoms with Crippen molar-refractivity contribution in [3.05, 3.63) is 51.2 Å². The van der Waals surface area contributed by atoms with Gasteiger partial charge in [0.15, 0.2) is 16.7 Å². The number of carbonyl (C=O) groups excluding carboxylic acids is 1. The van der Waals surface area contributed by atoms with E-state index in [0.717, 1.165) is 0 Å². The van der Waals surface area contributed by atoms with E-state index < -0.39 is 5.82 Å². The Hall–Kier alpha value is -2.35. The lowest BCUT2D eigenvalue weighted by atomic mass is 10.1. The van der Waals surface area contributed by atoms with Crippen molar-refractivity contribution >= 4 is 17.7 Å². The van der Waals surface area contributed by atoms with Crippen molar-refractivity contribution < 1.29 is 13.9 Å². The summed E-state index contributed by atoms with van der Waals surface area (Å²) in [4.78, 5) is 32.9. The molecular weight excluding hydrogens is 357 g/mol. The van der Waals surface area contributed by atoms with Crippen LogP contribution in [0.5, 0.6) is 5.75 Å². The van der Waals surface area contributed by atoms with Gasteiger partial charge in [0.2, 0.25) is 5.91 Å². The molecule has 2 rings (SSSR count). The number of H-pyrrole nitrogens is 1. The fourth-order valence-corrected chi connectivity index (χ4v) is 2.99. The molecule has 0 saturated heterocycles. The van der Waals surface area contributed by atoms with Gasteiger partial charge in [0, 0.05) is 31.3 Å². The summed E-state index contributed by atoms with van der Waals surface area (Å²) in [6, 6.07) is 4.60. The number of nitrogens with one attached hydrogen (secondary N) is 1. The predicted octanol–water partition coefficient (Wildman–Crippen LogP) is 2.54. The van der Waals surface area contributed by atoms with E-state index in [-0.39, 0.29) is 30.2 Å². The highest BCUT2D eigenvalue weighted by molar-refractivity contribution is 7.98. The van der Waals surface area contributed by atoms with Gasteiger partial charge < -0.3 is 14.6 Å². The molecule has 26 heavy (non-hydrogen) atoms. The predicted molar refractivity (Wildman–Crippen MR) is 99.1 cm³/mol. The van der Waals surface area contributed by atoms with Gasteiger partial charge in [0.05, 0.1) is 7.11 Å². The van der Waals surface area contributed by atoms with E-state index in [1.165, 1.54) is 35.9 Å².